The maximum Gasteiger partial charge on any atom is 0.306 e. The second-order valence-corrected chi connectivity index (χ2v) is 5.43. The van der Waals surface area contributed by atoms with Crippen LogP contribution in [0.25, 0.3) is 0 Å². The van der Waals surface area contributed by atoms with Gasteiger partial charge < -0.3 is 19.3 Å². The number of carbonyl (C=O) groups excluding carboxylic acids is 1. The van der Waals surface area contributed by atoms with E-state index in [1.54, 1.807) is 0 Å². The summed E-state index contributed by atoms with van der Waals surface area (Å²) < 4.78 is 16.6. The quantitative estimate of drug-likeness (QED) is 0.747. The van der Waals surface area contributed by atoms with Gasteiger partial charge >= 0.3 is 11.9 Å². The van der Waals surface area contributed by atoms with Crippen LogP contribution in [-0.4, -0.2) is 48.6 Å². The minimum atomic E-state index is -1.01. The van der Waals surface area contributed by atoms with E-state index in [2.05, 4.69) is 13.8 Å². The number of fused-ring (bicyclic) bond motifs is 1. The molecule has 2 rings (SSSR count). The fourth-order valence-electron chi connectivity index (χ4n) is 2.60. The molecule has 0 unspecified atom stereocenters. The highest BCUT2D eigenvalue weighted by Gasteiger charge is 2.49. The van der Waals surface area contributed by atoms with Crippen LogP contribution in [0.2, 0.25) is 0 Å². The highest BCUT2D eigenvalue weighted by Crippen LogP contribution is 2.36. The molecule has 2 fully saturated rings. The van der Waals surface area contributed by atoms with Crippen LogP contribution in [0.1, 0.15) is 26.7 Å². The molecule has 2 aliphatic rings. The van der Waals surface area contributed by atoms with E-state index in [4.69, 9.17) is 19.3 Å². The first kappa shape index (κ1) is 14.3. The molecule has 6 heteroatoms. The summed E-state index contributed by atoms with van der Waals surface area (Å²) in [5.41, 5.74) is 0. The summed E-state index contributed by atoms with van der Waals surface area (Å²) in [7, 11) is 0. The molecule has 2 heterocycles. The molecular weight excluding hydrogens is 252 g/mol. The van der Waals surface area contributed by atoms with Crippen LogP contribution < -0.4 is 0 Å². The SMILES string of the molecule is CC(C)[C@H]1CO[C@H]2[C@@H]1OC[C@H]2OC(=O)CCC(=O)O. The highest BCUT2D eigenvalue weighted by molar-refractivity contribution is 5.76. The standard InChI is InChI=1S/C13H20O6/c1-7(2)8-5-17-13-9(6-18-12(8)13)19-11(16)4-3-10(14)15/h7-9,12-13H,3-6H2,1-2H3,(H,14,15)/t8-,9-,12-,13-/m1/s1. The average Bonchev–Trinajstić information content (AvgIpc) is 2.89. The van der Waals surface area contributed by atoms with Crippen molar-refractivity contribution < 1.29 is 28.9 Å². The van der Waals surface area contributed by atoms with E-state index >= 15 is 0 Å². The summed E-state index contributed by atoms with van der Waals surface area (Å²) >= 11 is 0. The van der Waals surface area contributed by atoms with E-state index in [9.17, 15) is 9.59 Å². The van der Waals surface area contributed by atoms with Gasteiger partial charge in [0, 0.05) is 5.92 Å². The Morgan fingerprint density at radius 1 is 1.21 bits per heavy atom. The van der Waals surface area contributed by atoms with E-state index in [0.29, 0.717) is 25.0 Å². The number of carboxylic acids is 1. The molecular formula is C13H20O6. The van der Waals surface area contributed by atoms with E-state index in [1.807, 2.05) is 0 Å². The lowest BCUT2D eigenvalue weighted by Crippen LogP contribution is -2.34. The average molecular weight is 272 g/mol. The third-order valence-electron chi connectivity index (χ3n) is 3.73. The maximum absolute atomic E-state index is 11.5. The van der Waals surface area contributed by atoms with Crippen molar-refractivity contribution >= 4 is 11.9 Å². The second-order valence-electron chi connectivity index (χ2n) is 5.43. The Balaban J connectivity index is 1.84. The molecule has 0 radical (unpaired) electrons. The summed E-state index contributed by atoms with van der Waals surface area (Å²) in [5.74, 6) is -0.730. The number of hydrogen-bond acceptors (Lipinski definition) is 5. The van der Waals surface area contributed by atoms with Crippen LogP contribution in [0.5, 0.6) is 0 Å². The molecule has 19 heavy (non-hydrogen) atoms. The smallest absolute Gasteiger partial charge is 0.306 e. The Bertz CT molecular complexity index is 353. The minimum Gasteiger partial charge on any atom is -0.481 e. The third-order valence-corrected chi connectivity index (χ3v) is 3.73. The van der Waals surface area contributed by atoms with Gasteiger partial charge in [-0.3, -0.25) is 9.59 Å². The number of carbonyl (C=O) groups is 2. The topological polar surface area (TPSA) is 82.1 Å². The fraction of sp³-hybridized carbons (Fsp3) is 0.846. The second kappa shape index (κ2) is 5.88. The lowest BCUT2D eigenvalue weighted by molar-refractivity contribution is -0.156. The van der Waals surface area contributed by atoms with E-state index in [0.717, 1.165) is 0 Å². The van der Waals surface area contributed by atoms with Gasteiger partial charge in [0.05, 0.1) is 32.2 Å². The monoisotopic (exact) mass is 272 g/mol. The van der Waals surface area contributed by atoms with Gasteiger partial charge in [-0.15, -0.1) is 0 Å². The molecule has 108 valence electrons. The Labute approximate surface area is 112 Å². The van der Waals surface area contributed by atoms with Crippen LogP contribution in [0, 0.1) is 11.8 Å². The van der Waals surface area contributed by atoms with Crippen molar-refractivity contribution in [2.75, 3.05) is 13.2 Å². The van der Waals surface area contributed by atoms with Gasteiger partial charge in [-0.25, -0.2) is 0 Å². The zero-order chi connectivity index (χ0) is 14.0. The Kier molecular flexibility index (Phi) is 4.42. The molecule has 0 saturated carbocycles. The number of rotatable bonds is 5. The van der Waals surface area contributed by atoms with E-state index < -0.39 is 18.0 Å². The molecule has 0 spiro atoms. The van der Waals surface area contributed by atoms with Gasteiger partial charge in [-0.05, 0) is 5.92 Å². The first-order valence-corrected chi connectivity index (χ1v) is 6.63. The summed E-state index contributed by atoms with van der Waals surface area (Å²) in [6, 6.07) is 0. The molecule has 0 aromatic heterocycles. The number of carboxylic acid groups (broad SMARTS) is 1. The van der Waals surface area contributed by atoms with Gasteiger partial charge in [0.2, 0.25) is 0 Å². The summed E-state index contributed by atoms with van der Waals surface area (Å²) in [4.78, 5) is 21.9. The van der Waals surface area contributed by atoms with E-state index in [-0.39, 0.29) is 25.0 Å². The van der Waals surface area contributed by atoms with Gasteiger partial charge in [0.1, 0.15) is 6.10 Å². The minimum absolute atomic E-state index is 0.0164. The van der Waals surface area contributed by atoms with Crippen LogP contribution in [0.15, 0.2) is 0 Å². The first-order valence-electron chi connectivity index (χ1n) is 6.63. The van der Waals surface area contributed by atoms with Crippen molar-refractivity contribution in [1.29, 1.82) is 0 Å². The number of aliphatic carboxylic acids is 1. The summed E-state index contributed by atoms with van der Waals surface area (Å²) in [6.45, 7) is 5.19. The van der Waals surface area contributed by atoms with Crippen LogP contribution in [0.4, 0.5) is 0 Å². The summed E-state index contributed by atoms with van der Waals surface area (Å²) in [6.07, 6.45) is -0.958. The van der Waals surface area contributed by atoms with Crippen molar-refractivity contribution in [3.05, 3.63) is 0 Å². The highest BCUT2D eigenvalue weighted by atomic mass is 16.6. The largest absolute Gasteiger partial charge is 0.481 e. The van der Waals surface area contributed by atoms with Crippen LogP contribution >= 0.6 is 0 Å². The molecule has 6 nitrogen and oxygen atoms in total. The molecule has 0 aromatic rings. The molecule has 2 aliphatic heterocycles. The van der Waals surface area contributed by atoms with E-state index in [1.165, 1.54) is 0 Å². The molecule has 1 N–H and O–H groups in total. The van der Waals surface area contributed by atoms with Gasteiger partial charge in [-0.1, -0.05) is 13.8 Å². The molecule has 0 aromatic carbocycles. The number of ether oxygens (including phenoxy) is 3. The first-order chi connectivity index (χ1) is 8.99. The van der Waals surface area contributed by atoms with Crippen molar-refractivity contribution in [2.45, 2.75) is 45.0 Å². The predicted molar refractivity (Wildman–Crippen MR) is 64.6 cm³/mol. The Morgan fingerprint density at radius 3 is 2.53 bits per heavy atom. The van der Waals surface area contributed by atoms with Crippen molar-refractivity contribution in [1.82, 2.24) is 0 Å². The lowest BCUT2D eigenvalue weighted by Gasteiger charge is -2.19. The fourth-order valence-corrected chi connectivity index (χ4v) is 2.60. The normalized spacial score (nSPS) is 33.4. The molecule has 4 atom stereocenters. The number of esters is 1. The maximum atomic E-state index is 11.5. The predicted octanol–water partition coefficient (Wildman–Crippen LogP) is 0.833. The zero-order valence-electron chi connectivity index (χ0n) is 11.2. The van der Waals surface area contributed by atoms with Crippen LogP contribution in [0.3, 0.4) is 0 Å². The Hall–Kier alpha value is -1.14. The molecule has 0 bridgehead atoms. The zero-order valence-corrected chi connectivity index (χ0v) is 11.2. The van der Waals surface area contributed by atoms with Crippen molar-refractivity contribution in [3.8, 4) is 0 Å². The van der Waals surface area contributed by atoms with Gasteiger partial charge in [-0.2, -0.15) is 0 Å². The van der Waals surface area contributed by atoms with Gasteiger partial charge in [0.15, 0.2) is 6.10 Å². The summed E-state index contributed by atoms with van der Waals surface area (Å²) in [5, 5.41) is 8.51. The van der Waals surface area contributed by atoms with Crippen LogP contribution in [-0.2, 0) is 23.8 Å². The third kappa shape index (κ3) is 3.25. The Morgan fingerprint density at radius 2 is 1.89 bits per heavy atom. The lowest BCUT2D eigenvalue weighted by atomic mass is 9.90. The number of hydrogen-bond donors (Lipinski definition) is 1. The molecule has 0 amide bonds. The molecule has 2 saturated heterocycles. The van der Waals surface area contributed by atoms with Crippen molar-refractivity contribution in [3.63, 3.8) is 0 Å². The van der Waals surface area contributed by atoms with Crippen molar-refractivity contribution in [2.24, 2.45) is 11.8 Å². The van der Waals surface area contributed by atoms with Gasteiger partial charge in [0.25, 0.3) is 0 Å². The molecule has 0 aliphatic carbocycles.